The van der Waals surface area contributed by atoms with Crippen molar-refractivity contribution in [3.8, 4) is 0 Å². The van der Waals surface area contributed by atoms with Crippen molar-refractivity contribution < 1.29 is 4.79 Å². The van der Waals surface area contributed by atoms with E-state index in [0.29, 0.717) is 6.54 Å². The van der Waals surface area contributed by atoms with Gasteiger partial charge in [0.15, 0.2) is 0 Å². The van der Waals surface area contributed by atoms with Crippen LogP contribution in [0, 0.1) is 6.92 Å². The number of rotatable bonds is 4. The molecule has 0 spiro atoms. The molecule has 4 nitrogen and oxygen atoms in total. The number of aromatic nitrogens is 1. The minimum atomic E-state index is -0.0810. The number of amides is 2. The van der Waals surface area contributed by atoms with Crippen LogP contribution in [0.3, 0.4) is 0 Å². The van der Waals surface area contributed by atoms with Gasteiger partial charge in [0.05, 0.1) is 6.04 Å². The van der Waals surface area contributed by atoms with Crippen LogP contribution in [0.15, 0.2) is 48.8 Å². The van der Waals surface area contributed by atoms with Crippen LogP contribution >= 0.6 is 0 Å². The van der Waals surface area contributed by atoms with Gasteiger partial charge in [0, 0.05) is 26.0 Å². The maximum absolute atomic E-state index is 12.2. The summed E-state index contributed by atoms with van der Waals surface area (Å²) in [6.07, 6.45) is 3.46. The maximum Gasteiger partial charge on any atom is 0.317 e. The first-order valence-corrected chi connectivity index (χ1v) is 7.04. The Kier molecular flexibility index (Phi) is 4.93. The van der Waals surface area contributed by atoms with Crippen LogP contribution in [0.1, 0.15) is 29.7 Å². The molecule has 0 aliphatic carbocycles. The highest BCUT2D eigenvalue weighted by molar-refractivity contribution is 5.74. The predicted molar refractivity (Wildman–Crippen MR) is 83.8 cm³/mol. The summed E-state index contributed by atoms with van der Waals surface area (Å²) in [5.74, 6) is 0. The fourth-order valence-electron chi connectivity index (χ4n) is 2.15. The lowest BCUT2D eigenvalue weighted by molar-refractivity contribution is 0.203. The normalized spacial score (nSPS) is 11.8. The van der Waals surface area contributed by atoms with Crippen LogP contribution in [-0.4, -0.2) is 23.0 Å². The number of pyridine rings is 1. The molecule has 0 saturated carbocycles. The molecule has 1 heterocycles. The molecule has 0 radical (unpaired) electrons. The van der Waals surface area contributed by atoms with E-state index in [1.54, 1.807) is 24.3 Å². The number of carbonyl (C=O) groups is 1. The third-order valence-electron chi connectivity index (χ3n) is 3.56. The van der Waals surface area contributed by atoms with Gasteiger partial charge in [-0.15, -0.1) is 0 Å². The topological polar surface area (TPSA) is 45.2 Å². The van der Waals surface area contributed by atoms with Crippen molar-refractivity contribution in [2.75, 3.05) is 7.05 Å². The van der Waals surface area contributed by atoms with Crippen LogP contribution in [-0.2, 0) is 6.54 Å². The average Bonchev–Trinajstić information content (AvgIpc) is 2.50. The fourth-order valence-corrected chi connectivity index (χ4v) is 2.15. The van der Waals surface area contributed by atoms with Gasteiger partial charge in [0.2, 0.25) is 0 Å². The molecule has 2 rings (SSSR count). The van der Waals surface area contributed by atoms with E-state index in [4.69, 9.17) is 0 Å². The van der Waals surface area contributed by atoms with Gasteiger partial charge in [0.1, 0.15) is 0 Å². The van der Waals surface area contributed by atoms with Gasteiger partial charge in [-0.25, -0.2) is 4.79 Å². The number of aryl methyl sites for hydroxylation is 1. The first kappa shape index (κ1) is 15.0. The lowest BCUT2D eigenvalue weighted by Crippen LogP contribution is -2.38. The molecule has 0 aliphatic rings. The van der Waals surface area contributed by atoms with Crippen molar-refractivity contribution in [2.45, 2.75) is 26.4 Å². The highest BCUT2D eigenvalue weighted by Crippen LogP contribution is 2.12. The molecule has 21 heavy (non-hydrogen) atoms. The molecule has 0 fully saturated rings. The first-order valence-electron chi connectivity index (χ1n) is 7.04. The van der Waals surface area contributed by atoms with Gasteiger partial charge < -0.3 is 10.2 Å². The van der Waals surface area contributed by atoms with Crippen molar-refractivity contribution in [1.29, 1.82) is 0 Å². The van der Waals surface area contributed by atoms with Gasteiger partial charge in [-0.05, 0) is 42.7 Å². The summed E-state index contributed by atoms with van der Waals surface area (Å²) in [6.45, 7) is 4.62. The number of hydrogen-bond acceptors (Lipinski definition) is 2. The second kappa shape index (κ2) is 6.88. The number of benzene rings is 1. The van der Waals surface area contributed by atoms with Gasteiger partial charge >= 0.3 is 6.03 Å². The number of nitrogens with zero attached hydrogens (tertiary/aromatic N) is 2. The largest absolute Gasteiger partial charge is 0.331 e. The number of urea groups is 1. The Morgan fingerprint density at radius 3 is 2.57 bits per heavy atom. The monoisotopic (exact) mass is 283 g/mol. The van der Waals surface area contributed by atoms with Crippen molar-refractivity contribution in [1.82, 2.24) is 15.2 Å². The van der Waals surface area contributed by atoms with Crippen molar-refractivity contribution in [3.05, 3.63) is 65.5 Å². The van der Waals surface area contributed by atoms with E-state index < -0.39 is 0 Å². The SMILES string of the molecule is Cc1ccccc1CN(C)C(=O)NC(C)c1ccncc1. The Morgan fingerprint density at radius 1 is 1.24 bits per heavy atom. The zero-order valence-electron chi connectivity index (χ0n) is 12.7. The molecule has 110 valence electrons. The number of nitrogens with one attached hydrogen (secondary N) is 1. The van der Waals surface area contributed by atoms with Gasteiger partial charge in [0.25, 0.3) is 0 Å². The van der Waals surface area contributed by atoms with E-state index in [1.807, 2.05) is 37.3 Å². The average molecular weight is 283 g/mol. The molecule has 1 aromatic carbocycles. The molecule has 0 bridgehead atoms. The third kappa shape index (κ3) is 4.05. The molecule has 1 aromatic heterocycles. The molecule has 1 atom stereocenters. The van der Waals surface area contributed by atoms with E-state index in [-0.39, 0.29) is 12.1 Å². The molecule has 2 amide bonds. The number of carbonyl (C=O) groups excluding carboxylic acids is 1. The number of hydrogen-bond donors (Lipinski definition) is 1. The lowest BCUT2D eigenvalue weighted by Gasteiger charge is -2.22. The zero-order chi connectivity index (χ0) is 15.2. The Labute approximate surface area is 125 Å². The third-order valence-corrected chi connectivity index (χ3v) is 3.56. The molecular weight excluding hydrogens is 262 g/mol. The minimum Gasteiger partial charge on any atom is -0.331 e. The quantitative estimate of drug-likeness (QED) is 0.935. The predicted octanol–water partition coefficient (Wildman–Crippen LogP) is 3.29. The van der Waals surface area contributed by atoms with E-state index in [2.05, 4.69) is 23.3 Å². The Morgan fingerprint density at radius 2 is 1.90 bits per heavy atom. The van der Waals surface area contributed by atoms with Crippen LogP contribution in [0.2, 0.25) is 0 Å². The summed E-state index contributed by atoms with van der Waals surface area (Å²) < 4.78 is 0. The minimum absolute atomic E-state index is 0.0418. The van der Waals surface area contributed by atoms with Gasteiger partial charge in [-0.3, -0.25) is 4.98 Å². The zero-order valence-corrected chi connectivity index (χ0v) is 12.7. The summed E-state index contributed by atoms with van der Waals surface area (Å²) in [6, 6.07) is 11.8. The molecule has 2 aromatic rings. The van der Waals surface area contributed by atoms with Gasteiger partial charge in [-0.1, -0.05) is 24.3 Å². The fraction of sp³-hybridized carbons (Fsp3) is 0.294. The van der Waals surface area contributed by atoms with Crippen molar-refractivity contribution in [3.63, 3.8) is 0 Å². The summed E-state index contributed by atoms with van der Waals surface area (Å²) >= 11 is 0. The Balaban J connectivity index is 1.95. The second-order valence-corrected chi connectivity index (χ2v) is 5.23. The summed E-state index contributed by atoms with van der Waals surface area (Å²) in [4.78, 5) is 17.9. The molecule has 1 N–H and O–H groups in total. The van der Waals surface area contributed by atoms with E-state index in [1.165, 1.54) is 5.56 Å². The summed E-state index contributed by atoms with van der Waals surface area (Å²) in [5, 5.41) is 2.99. The van der Waals surface area contributed by atoms with E-state index >= 15 is 0 Å². The summed E-state index contributed by atoms with van der Waals surface area (Å²) in [7, 11) is 1.81. The van der Waals surface area contributed by atoms with Gasteiger partial charge in [-0.2, -0.15) is 0 Å². The Hall–Kier alpha value is -2.36. The smallest absolute Gasteiger partial charge is 0.317 e. The van der Waals surface area contributed by atoms with E-state index in [0.717, 1.165) is 11.1 Å². The highest BCUT2D eigenvalue weighted by atomic mass is 16.2. The molecule has 1 unspecified atom stereocenters. The molecular formula is C17H21N3O. The van der Waals surface area contributed by atoms with Crippen LogP contribution < -0.4 is 5.32 Å². The highest BCUT2D eigenvalue weighted by Gasteiger charge is 2.14. The van der Waals surface area contributed by atoms with Crippen molar-refractivity contribution in [2.24, 2.45) is 0 Å². The molecule has 0 saturated heterocycles. The lowest BCUT2D eigenvalue weighted by atomic mass is 10.1. The van der Waals surface area contributed by atoms with Crippen LogP contribution in [0.5, 0.6) is 0 Å². The standard InChI is InChI=1S/C17H21N3O/c1-13-6-4-5-7-16(13)12-20(3)17(21)19-14(2)15-8-10-18-11-9-15/h4-11,14H,12H2,1-3H3,(H,19,21). The second-order valence-electron chi connectivity index (χ2n) is 5.23. The summed E-state index contributed by atoms with van der Waals surface area (Å²) in [5.41, 5.74) is 3.40. The maximum atomic E-state index is 12.2. The van der Waals surface area contributed by atoms with E-state index in [9.17, 15) is 4.79 Å². The van der Waals surface area contributed by atoms with Crippen LogP contribution in [0.25, 0.3) is 0 Å². The van der Waals surface area contributed by atoms with Crippen molar-refractivity contribution >= 4 is 6.03 Å². The van der Waals surface area contributed by atoms with Crippen LogP contribution in [0.4, 0.5) is 4.79 Å². The Bertz CT molecular complexity index is 598. The first-order chi connectivity index (χ1) is 10.1. The molecule has 4 heteroatoms. The molecule has 0 aliphatic heterocycles.